The quantitative estimate of drug-likeness (QED) is 0.593. The van der Waals surface area contributed by atoms with Gasteiger partial charge in [-0.15, -0.1) is 5.10 Å². The lowest BCUT2D eigenvalue weighted by Gasteiger charge is -2.35. The van der Waals surface area contributed by atoms with Crippen LogP contribution in [0, 0.1) is 11.6 Å². The molecule has 0 unspecified atom stereocenters. The van der Waals surface area contributed by atoms with Gasteiger partial charge in [-0.3, -0.25) is 4.79 Å². The van der Waals surface area contributed by atoms with Crippen LogP contribution >= 0.6 is 0 Å². The number of aromatic nitrogens is 4. The first-order valence-electron chi connectivity index (χ1n) is 9.83. The van der Waals surface area contributed by atoms with Crippen LogP contribution in [0.5, 0.6) is 0 Å². The van der Waals surface area contributed by atoms with Crippen molar-refractivity contribution in [1.29, 1.82) is 0 Å². The Morgan fingerprint density at radius 2 is 1.67 bits per heavy atom. The summed E-state index contributed by atoms with van der Waals surface area (Å²) in [6, 6.07) is 4.52. The number of anilines is 3. The van der Waals surface area contributed by atoms with E-state index in [1.165, 1.54) is 6.92 Å². The summed E-state index contributed by atoms with van der Waals surface area (Å²) in [6.45, 7) is 2.82. The van der Waals surface area contributed by atoms with Gasteiger partial charge in [0.05, 0.1) is 11.3 Å². The van der Waals surface area contributed by atoms with E-state index in [2.05, 4.69) is 20.4 Å². The minimum atomic E-state index is -4.62. The van der Waals surface area contributed by atoms with Crippen LogP contribution in [-0.4, -0.2) is 56.7 Å². The Kier molecular flexibility index (Phi) is 5.87. The number of hydrogen-bond acceptors (Lipinski definition) is 6. The predicted molar refractivity (Wildman–Crippen MR) is 108 cm³/mol. The number of rotatable bonds is 4. The molecule has 3 heterocycles. The molecule has 1 saturated heterocycles. The van der Waals surface area contributed by atoms with Crippen molar-refractivity contribution in [3.05, 3.63) is 53.9 Å². The minimum absolute atomic E-state index is 0.0501. The zero-order valence-electron chi connectivity index (χ0n) is 17.3. The number of hydrogen-bond donors (Lipinski definition) is 1. The zero-order chi connectivity index (χ0) is 23.8. The van der Waals surface area contributed by atoms with Crippen molar-refractivity contribution >= 4 is 23.5 Å². The van der Waals surface area contributed by atoms with E-state index in [9.17, 15) is 26.7 Å². The lowest BCUT2D eigenvalue weighted by atomic mass is 10.2. The third kappa shape index (κ3) is 5.18. The van der Waals surface area contributed by atoms with E-state index in [1.807, 2.05) is 0 Å². The largest absolute Gasteiger partial charge is 0.416 e. The summed E-state index contributed by atoms with van der Waals surface area (Å²) in [5, 5.41) is 6.61. The van der Waals surface area contributed by atoms with Crippen molar-refractivity contribution < 1.29 is 26.7 Å². The predicted octanol–water partition coefficient (Wildman–Crippen LogP) is 3.37. The average Bonchev–Trinajstić information content (AvgIpc) is 3.21. The fraction of sp³-hybridized carbons (Fsp3) is 0.300. The average molecular weight is 467 g/mol. The molecule has 1 aliphatic rings. The first kappa shape index (κ1) is 22.4. The molecular weight excluding hydrogens is 449 g/mol. The monoisotopic (exact) mass is 467 g/mol. The van der Waals surface area contributed by atoms with Crippen molar-refractivity contribution in [2.45, 2.75) is 13.1 Å². The first-order valence-corrected chi connectivity index (χ1v) is 9.83. The fourth-order valence-electron chi connectivity index (χ4n) is 3.39. The molecule has 3 aromatic rings. The topological polar surface area (TPSA) is 79.2 Å². The number of halogens is 5. The van der Waals surface area contributed by atoms with Crippen molar-refractivity contribution in [2.24, 2.45) is 0 Å². The molecule has 0 bridgehead atoms. The maximum Gasteiger partial charge on any atom is 0.416 e. The normalized spacial score (nSPS) is 14.5. The van der Waals surface area contributed by atoms with Crippen LogP contribution < -0.4 is 10.2 Å². The highest BCUT2D eigenvalue weighted by atomic mass is 19.4. The highest BCUT2D eigenvalue weighted by Crippen LogP contribution is 2.33. The molecule has 1 fully saturated rings. The van der Waals surface area contributed by atoms with Crippen molar-refractivity contribution in [3.63, 3.8) is 0 Å². The first-order chi connectivity index (χ1) is 15.6. The van der Waals surface area contributed by atoms with E-state index >= 15 is 0 Å². The van der Waals surface area contributed by atoms with Gasteiger partial charge >= 0.3 is 6.18 Å². The Labute approximate surface area is 184 Å². The molecule has 1 amide bonds. The summed E-state index contributed by atoms with van der Waals surface area (Å²) in [5.74, 6) is -1.92. The number of carbonyl (C=O) groups is 1. The highest BCUT2D eigenvalue weighted by Gasteiger charge is 2.33. The van der Waals surface area contributed by atoms with Crippen molar-refractivity contribution in [3.8, 4) is 5.69 Å². The van der Waals surface area contributed by atoms with E-state index in [1.54, 1.807) is 9.80 Å². The molecule has 0 atom stereocenters. The van der Waals surface area contributed by atoms with E-state index in [0.29, 0.717) is 32.2 Å². The molecule has 0 spiro atoms. The molecule has 0 saturated carbocycles. The SMILES string of the molecule is CC(=O)N1CCN(c2cc(C(F)(F)F)cc(Nc3ncn(-c4cc(F)cc(F)c4)n3)n2)CC1. The number of pyridine rings is 1. The molecule has 8 nitrogen and oxygen atoms in total. The van der Waals surface area contributed by atoms with Gasteiger partial charge in [0, 0.05) is 39.2 Å². The standard InChI is InChI=1S/C20H18F5N7O/c1-12(33)30-2-4-31(5-3-30)18-7-13(20(23,24)25)6-17(27-18)28-19-26-11-32(29-19)16-9-14(21)8-15(22)10-16/h6-11H,2-5H2,1H3,(H,27,28,29). The number of nitrogens with zero attached hydrogens (tertiary/aromatic N) is 6. The van der Waals surface area contributed by atoms with Crippen LogP contribution in [0.1, 0.15) is 12.5 Å². The van der Waals surface area contributed by atoms with Crippen LogP contribution in [0.15, 0.2) is 36.7 Å². The second kappa shape index (κ2) is 8.64. The number of alkyl halides is 3. The van der Waals surface area contributed by atoms with Crippen LogP contribution in [0.3, 0.4) is 0 Å². The number of benzene rings is 1. The highest BCUT2D eigenvalue weighted by molar-refractivity contribution is 5.73. The zero-order valence-corrected chi connectivity index (χ0v) is 17.3. The van der Waals surface area contributed by atoms with E-state index in [0.717, 1.165) is 35.3 Å². The van der Waals surface area contributed by atoms with Crippen LogP contribution in [-0.2, 0) is 11.0 Å². The van der Waals surface area contributed by atoms with Gasteiger partial charge in [0.25, 0.3) is 0 Å². The molecule has 4 rings (SSSR count). The Bertz CT molecular complexity index is 1150. The van der Waals surface area contributed by atoms with Crippen molar-refractivity contribution in [1.82, 2.24) is 24.6 Å². The van der Waals surface area contributed by atoms with E-state index in [-0.39, 0.29) is 29.2 Å². The second-order valence-corrected chi connectivity index (χ2v) is 7.36. The van der Waals surface area contributed by atoms with Gasteiger partial charge in [-0.25, -0.2) is 18.4 Å². The van der Waals surface area contributed by atoms with Gasteiger partial charge in [0.1, 0.15) is 29.6 Å². The minimum Gasteiger partial charge on any atom is -0.353 e. The van der Waals surface area contributed by atoms with E-state index in [4.69, 9.17) is 0 Å². The van der Waals surface area contributed by atoms with E-state index < -0.39 is 23.4 Å². The number of nitrogens with one attached hydrogen (secondary N) is 1. The Hall–Kier alpha value is -3.77. The summed E-state index contributed by atoms with van der Waals surface area (Å²) in [5.41, 5.74) is -0.871. The molecule has 13 heteroatoms. The maximum atomic E-state index is 13.5. The molecule has 0 radical (unpaired) electrons. The second-order valence-electron chi connectivity index (χ2n) is 7.36. The number of carbonyl (C=O) groups excluding carboxylic acids is 1. The fourth-order valence-corrected chi connectivity index (χ4v) is 3.39. The lowest BCUT2D eigenvalue weighted by Crippen LogP contribution is -2.48. The summed E-state index contributed by atoms with van der Waals surface area (Å²) in [6.07, 6.45) is -3.47. The van der Waals surface area contributed by atoms with Crippen molar-refractivity contribution in [2.75, 3.05) is 36.4 Å². The van der Waals surface area contributed by atoms with Gasteiger partial charge in [-0.1, -0.05) is 0 Å². The molecule has 1 N–H and O–H groups in total. The molecule has 1 aromatic carbocycles. The van der Waals surface area contributed by atoms with Crippen LogP contribution in [0.25, 0.3) is 5.69 Å². The van der Waals surface area contributed by atoms with Gasteiger partial charge in [-0.05, 0) is 24.3 Å². The van der Waals surface area contributed by atoms with Crippen LogP contribution in [0.4, 0.5) is 39.5 Å². The molecule has 2 aromatic heterocycles. The summed E-state index contributed by atoms with van der Waals surface area (Å²) < 4.78 is 68.4. The molecule has 0 aliphatic carbocycles. The Balaban J connectivity index is 1.59. The third-order valence-corrected chi connectivity index (χ3v) is 5.03. The number of piperazine rings is 1. The van der Waals surface area contributed by atoms with Gasteiger partial charge in [0.15, 0.2) is 0 Å². The summed E-state index contributed by atoms with van der Waals surface area (Å²) in [4.78, 5) is 22.9. The van der Waals surface area contributed by atoms with Gasteiger partial charge < -0.3 is 15.1 Å². The summed E-state index contributed by atoms with van der Waals surface area (Å²) in [7, 11) is 0. The van der Waals surface area contributed by atoms with Gasteiger partial charge in [0.2, 0.25) is 11.9 Å². The molecule has 1 aliphatic heterocycles. The Morgan fingerprint density at radius 1 is 1.00 bits per heavy atom. The Morgan fingerprint density at radius 3 is 2.27 bits per heavy atom. The summed E-state index contributed by atoms with van der Waals surface area (Å²) >= 11 is 0. The maximum absolute atomic E-state index is 13.5. The molecular formula is C20H18F5N7O. The van der Waals surface area contributed by atoms with Gasteiger partial charge in [-0.2, -0.15) is 18.2 Å². The van der Waals surface area contributed by atoms with Crippen LogP contribution in [0.2, 0.25) is 0 Å². The molecule has 33 heavy (non-hydrogen) atoms. The number of amides is 1. The molecule has 174 valence electrons. The third-order valence-electron chi connectivity index (χ3n) is 5.03. The smallest absolute Gasteiger partial charge is 0.353 e. The lowest BCUT2D eigenvalue weighted by molar-refractivity contribution is -0.137.